The fraction of sp³-hybridized carbons (Fsp3) is 0.464. The molecule has 0 radical (unpaired) electrons. The number of fused-ring (bicyclic) bond motifs is 1. The normalized spacial score (nSPS) is 20.5. The van der Waals surface area contributed by atoms with E-state index in [0.29, 0.717) is 12.2 Å². The molecule has 0 aliphatic carbocycles. The number of hydrogen-bond donors (Lipinski definition) is 2. The van der Waals surface area contributed by atoms with E-state index in [4.69, 9.17) is 9.47 Å². The highest BCUT2D eigenvalue weighted by molar-refractivity contribution is 8.24. The van der Waals surface area contributed by atoms with Crippen molar-refractivity contribution in [1.82, 2.24) is 0 Å². The lowest BCUT2D eigenvalue weighted by Crippen LogP contribution is -2.37. The molecule has 0 saturated carbocycles. The van der Waals surface area contributed by atoms with E-state index in [1.165, 1.54) is 12.1 Å². The summed E-state index contributed by atoms with van der Waals surface area (Å²) < 4.78 is 48.8. The number of unbranched alkanes of at least 4 members (excludes halogenated alkanes) is 1. The highest BCUT2D eigenvalue weighted by Crippen LogP contribution is 2.61. The number of esters is 1. The van der Waals surface area contributed by atoms with E-state index in [1.54, 1.807) is 20.8 Å². The number of halogens is 1. The third-order valence-corrected chi connectivity index (χ3v) is 8.39. The maximum absolute atomic E-state index is 15.3. The summed E-state index contributed by atoms with van der Waals surface area (Å²) in [6.45, 7) is 9.95. The van der Waals surface area contributed by atoms with E-state index in [9.17, 15) is 13.9 Å². The van der Waals surface area contributed by atoms with E-state index in [2.05, 4.69) is 13.8 Å². The zero-order valence-electron chi connectivity index (χ0n) is 21.8. The van der Waals surface area contributed by atoms with Crippen molar-refractivity contribution in [3.05, 3.63) is 60.6 Å². The van der Waals surface area contributed by atoms with Crippen LogP contribution in [0.15, 0.2) is 59.7 Å². The first-order valence-corrected chi connectivity index (χ1v) is 14.1. The summed E-state index contributed by atoms with van der Waals surface area (Å²) in [6, 6.07) is 12.2. The van der Waals surface area contributed by atoms with Crippen molar-refractivity contribution in [2.24, 2.45) is 5.41 Å². The summed E-state index contributed by atoms with van der Waals surface area (Å²) in [4.78, 5) is 14.2. The molecule has 2 aromatic carbocycles. The predicted molar refractivity (Wildman–Crippen MR) is 144 cm³/mol. The van der Waals surface area contributed by atoms with E-state index in [-0.39, 0.29) is 21.8 Å². The molecule has 0 aromatic heterocycles. The van der Waals surface area contributed by atoms with E-state index >= 15 is 4.39 Å². The lowest BCUT2D eigenvalue weighted by Gasteiger charge is -2.41. The molecule has 0 spiro atoms. The van der Waals surface area contributed by atoms with Crippen molar-refractivity contribution in [2.45, 2.75) is 70.8 Å². The zero-order valence-corrected chi connectivity index (χ0v) is 22.6. The minimum Gasteiger partial charge on any atom is -0.462 e. The maximum atomic E-state index is 15.3. The quantitative estimate of drug-likeness (QED) is 0.210. The Balaban J connectivity index is 2.05. The molecule has 1 heterocycles. The molecule has 2 aromatic rings. The number of nitrogens with zero attached hydrogens (tertiary/aromatic N) is 1. The molecule has 8 heteroatoms. The Morgan fingerprint density at radius 2 is 1.89 bits per heavy atom. The van der Waals surface area contributed by atoms with Crippen LogP contribution in [-0.2, 0) is 9.53 Å². The van der Waals surface area contributed by atoms with Crippen LogP contribution >= 0.6 is 10.6 Å². The van der Waals surface area contributed by atoms with E-state index in [1.807, 2.05) is 35.2 Å². The van der Waals surface area contributed by atoms with Gasteiger partial charge in [-0.3, -0.25) is 9.11 Å². The molecule has 6 nitrogen and oxygen atoms in total. The number of carbonyl (C=O) groups is 1. The van der Waals surface area contributed by atoms with Crippen LogP contribution in [0.1, 0.15) is 60.3 Å². The Hall–Kier alpha value is -2.55. The van der Waals surface area contributed by atoms with Crippen LogP contribution in [0.25, 0.3) is 0 Å². The van der Waals surface area contributed by atoms with Crippen LogP contribution in [0.5, 0.6) is 5.75 Å². The zero-order chi connectivity index (χ0) is 26.6. The number of anilines is 2. The van der Waals surface area contributed by atoms with Gasteiger partial charge in [0.25, 0.3) is 0 Å². The first-order valence-electron chi connectivity index (χ1n) is 12.4. The van der Waals surface area contributed by atoms with E-state index in [0.717, 1.165) is 43.7 Å². The average Bonchev–Trinajstić information content (AvgIpc) is 2.89. The lowest BCUT2D eigenvalue weighted by molar-refractivity contribution is -0.148. The van der Waals surface area contributed by atoms with Gasteiger partial charge in [0.15, 0.2) is 11.6 Å². The van der Waals surface area contributed by atoms with Gasteiger partial charge in [0.2, 0.25) is 0 Å². The van der Waals surface area contributed by atoms with Crippen molar-refractivity contribution < 1.29 is 27.8 Å². The summed E-state index contributed by atoms with van der Waals surface area (Å²) in [5, 5.41) is 0. The Kier molecular flexibility index (Phi) is 8.75. The van der Waals surface area contributed by atoms with Gasteiger partial charge in [0.1, 0.15) is 5.60 Å². The number of hydrogen-bond acceptors (Lipinski definition) is 6. The second-order valence-corrected chi connectivity index (χ2v) is 12.5. The number of ether oxygens (including phenoxy) is 2. The third-order valence-electron chi connectivity index (χ3n) is 6.34. The summed E-state index contributed by atoms with van der Waals surface area (Å²) in [6.07, 6.45) is 5.66. The van der Waals surface area contributed by atoms with Crippen LogP contribution in [-0.4, -0.2) is 33.0 Å². The molecule has 3 rings (SSSR count). The molecule has 1 aliphatic rings. The second kappa shape index (κ2) is 11.2. The van der Waals surface area contributed by atoms with Gasteiger partial charge in [-0.05, 0) is 45.7 Å². The van der Waals surface area contributed by atoms with Crippen LogP contribution in [0, 0.1) is 11.2 Å². The Morgan fingerprint density at radius 3 is 2.50 bits per heavy atom. The molecular formula is C28H38FNO5S. The fourth-order valence-electron chi connectivity index (χ4n) is 4.49. The smallest absolute Gasteiger partial charge is 0.334 e. The Bertz CT molecular complexity index is 1080. The van der Waals surface area contributed by atoms with Crippen LogP contribution in [0.2, 0.25) is 0 Å². The highest BCUT2D eigenvalue weighted by Gasteiger charge is 2.42. The van der Waals surface area contributed by atoms with Gasteiger partial charge in [0.05, 0.1) is 22.9 Å². The molecule has 1 atom stereocenters. The molecule has 0 amide bonds. The minimum absolute atomic E-state index is 0.186. The average molecular weight is 520 g/mol. The highest BCUT2D eigenvalue weighted by atomic mass is 32.3. The van der Waals surface area contributed by atoms with Gasteiger partial charge in [-0.2, -0.15) is 10.6 Å². The molecule has 2 N–H and O–H groups in total. The van der Waals surface area contributed by atoms with Crippen molar-refractivity contribution in [3.8, 4) is 5.75 Å². The van der Waals surface area contributed by atoms with Gasteiger partial charge >= 0.3 is 5.97 Å². The van der Waals surface area contributed by atoms with E-state index < -0.39 is 28.0 Å². The Morgan fingerprint density at radius 1 is 1.19 bits per heavy atom. The molecule has 0 bridgehead atoms. The summed E-state index contributed by atoms with van der Waals surface area (Å²) in [5.41, 5.74) is 0.229. The topological polar surface area (TPSA) is 79.2 Å². The maximum Gasteiger partial charge on any atom is 0.334 e. The van der Waals surface area contributed by atoms with Crippen LogP contribution in [0.4, 0.5) is 15.8 Å². The van der Waals surface area contributed by atoms with Crippen LogP contribution in [0.3, 0.4) is 0 Å². The fourth-order valence-corrected chi connectivity index (χ4v) is 6.74. The summed E-state index contributed by atoms with van der Waals surface area (Å²) in [7, 11) is -3.28. The molecule has 36 heavy (non-hydrogen) atoms. The summed E-state index contributed by atoms with van der Waals surface area (Å²) >= 11 is 0. The molecule has 1 aliphatic heterocycles. The SMILES string of the molecule is CCCCC1(CC)CN(c2ccccc2)c2cc(F)c(O/C=C/C(=O)OC(C)(C)C)cc2S(O)(O)C1. The van der Waals surface area contributed by atoms with Gasteiger partial charge in [-0.15, -0.1) is 0 Å². The van der Waals surface area contributed by atoms with Crippen molar-refractivity contribution in [2.75, 3.05) is 17.2 Å². The van der Waals surface area contributed by atoms with Gasteiger partial charge in [-0.1, -0.05) is 44.9 Å². The largest absolute Gasteiger partial charge is 0.462 e. The van der Waals surface area contributed by atoms with Gasteiger partial charge < -0.3 is 14.4 Å². The third kappa shape index (κ3) is 6.81. The molecule has 0 fully saturated rings. The molecule has 198 valence electrons. The van der Waals surface area contributed by atoms with Crippen molar-refractivity contribution in [1.29, 1.82) is 0 Å². The standard InChI is InChI=1S/C28H38FNO5S/c1-6-8-15-28(7-2)19-30(21-12-10-9-11-13-21)23-17-22(29)24(18-25(23)36(32,33)20-28)34-16-14-26(31)35-27(3,4)5/h9-14,16-18,32-33H,6-8,15,19-20H2,1-5H3/b16-14+. The number of rotatable bonds is 8. The first kappa shape index (κ1) is 28.0. The van der Waals surface area contributed by atoms with Crippen molar-refractivity contribution >= 4 is 27.9 Å². The predicted octanol–water partition coefficient (Wildman–Crippen LogP) is 7.91. The molecular weight excluding hydrogens is 481 g/mol. The minimum atomic E-state index is -3.28. The number of carbonyl (C=O) groups excluding carboxylic acids is 1. The molecule has 1 unspecified atom stereocenters. The monoisotopic (exact) mass is 519 g/mol. The molecule has 0 saturated heterocycles. The van der Waals surface area contributed by atoms with Crippen LogP contribution < -0.4 is 9.64 Å². The number of benzene rings is 2. The second-order valence-electron chi connectivity index (χ2n) is 10.4. The summed E-state index contributed by atoms with van der Waals surface area (Å²) in [5.74, 6) is -1.30. The van der Waals surface area contributed by atoms with Gasteiger partial charge in [-0.25, -0.2) is 9.18 Å². The van der Waals surface area contributed by atoms with Gasteiger partial charge in [0, 0.05) is 35.5 Å². The lowest BCUT2D eigenvalue weighted by atomic mass is 9.81. The number of para-hydroxylation sites is 1. The first-order chi connectivity index (χ1) is 16.9. The van der Waals surface area contributed by atoms with Crippen molar-refractivity contribution in [3.63, 3.8) is 0 Å². The Labute approximate surface area is 215 Å².